The topological polar surface area (TPSA) is 50.9 Å². The largest absolute Gasteiger partial charge is 0.376 e. The maximum atomic E-state index is 13.1. The molecule has 2 aromatic carbocycles. The lowest BCUT2D eigenvalue weighted by atomic mass is 10.1. The molecule has 3 saturated heterocycles. The SMILES string of the molecule is Fc1cc(Br)cc(N2CC23COC3)c1.Fc1cc(Br)cc(N=C2COC2)c1.[CH2-][S+](C)(C)=O. The van der Waals surface area contributed by atoms with Crippen LogP contribution >= 0.6 is 31.9 Å². The van der Waals surface area contributed by atoms with Gasteiger partial charge in [0.15, 0.2) is 0 Å². The second-order valence-corrected chi connectivity index (χ2v) is 12.9. The Morgan fingerprint density at radius 2 is 1.56 bits per heavy atom. The van der Waals surface area contributed by atoms with Gasteiger partial charge in [-0.2, -0.15) is 0 Å². The predicted molar refractivity (Wildman–Crippen MR) is 132 cm³/mol. The van der Waals surface area contributed by atoms with Gasteiger partial charge in [-0.1, -0.05) is 41.8 Å². The minimum atomic E-state index is -1.67. The van der Waals surface area contributed by atoms with Crippen LogP contribution in [0, 0.1) is 17.9 Å². The highest BCUT2D eigenvalue weighted by Crippen LogP contribution is 2.43. The van der Waals surface area contributed by atoms with Crippen molar-refractivity contribution in [3.05, 3.63) is 63.2 Å². The predicted octanol–water partition coefficient (Wildman–Crippen LogP) is 5.41. The molecule has 0 saturated carbocycles. The van der Waals surface area contributed by atoms with Crippen LogP contribution in [-0.2, 0) is 23.6 Å². The first-order valence-electron chi connectivity index (χ1n) is 9.62. The summed E-state index contributed by atoms with van der Waals surface area (Å²) in [5.74, 6) is -0.481. The first-order valence-corrected chi connectivity index (χ1v) is 13.8. The molecule has 3 heterocycles. The fraction of sp³-hybridized carbons (Fsp3) is 0.364. The molecule has 0 N–H and O–H groups in total. The summed E-state index contributed by atoms with van der Waals surface area (Å²) in [5, 5.41) is 0. The van der Waals surface area contributed by atoms with E-state index in [1.165, 1.54) is 18.2 Å². The molecule has 0 aliphatic carbocycles. The third-order valence-corrected chi connectivity index (χ3v) is 5.41. The number of halogens is 4. The Kier molecular flexibility index (Phi) is 8.25. The average Bonchev–Trinajstić information content (AvgIpc) is 3.32. The van der Waals surface area contributed by atoms with Crippen molar-refractivity contribution in [3.63, 3.8) is 0 Å². The van der Waals surface area contributed by atoms with E-state index in [1.807, 2.05) is 6.07 Å². The van der Waals surface area contributed by atoms with Gasteiger partial charge in [-0.15, -0.1) is 10.5 Å². The van der Waals surface area contributed by atoms with Gasteiger partial charge >= 0.3 is 0 Å². The van der Waals surface area contributed by atoms with Gasteiger partial charge in [0.25, 0.3) is 0 Å². The zero-order chi connectivity index (χ0) is 23.5. The monoisotopic (exact) mass is 592 g/mol. The van der Waals surface area contributed by atoms with Gasteiger partial charge in [0.1, 0.15) is 17.2 Å². The first-order chi connectivity index (χ1) is 14.9. The molecule has 0 unspecified atom stereocenters. The number of rotatable bonds is 2. The Labute approximate surface area is 204 Å². The average molecular weight is 594 g/mol. The standard InChI is InChI=1S/C10H9BrFNO.C9H7BrFNO.C3H8OS/c11-7-1-8(12)3-9(2-7)13-4-10(13)5-14-6-10;10-6-1-7(11)3-8(2-6)12-9-4-13-5-9;1-5(2,3)4/h1-3H,4-6H2;1-3H,4-5H2;1H2,2-3H3. The summed E-state index contributed by atoms with van der Waals surface area (Å²) in [6, 6.07) is 9.55. The number of ether oxygens (including phenoxy) is 2. The Bertz CT molecular complexity index is 1000. The third-order valence-electron chi connectivity index (χ3n) is 4.49. The van der Waals surface area contributed by atoms with Crippen molar-refractivity contribution in [2.45, 2.75) is 5.54 Å². The zero-order valence-corrected chi connectivity index (χ0v) is 21.7. The molecule has 1 spiro atoms. The number of anilines is 1. The lowest BCUT2D eigenvalue weighted by Crippen LogP contribution is -2.41. The molecular weight excluding hydrogens is 570 g/mol. The van der Waals surface area contributed by atoms with Crippen LogP contribution in [0.5, 0.6) is 0 Å². The molecule has 3 aliphatic rings. The molecule has 5 rings (SSSR count). The molecule has 3 fully saturated rings. The van der Waals surface area contributed by atoms with Gasteiger partial charge in [-0.25, -0.2) is 8.78 Å². The van der Waals surface area contributed by atoms with E-state index >= 15 is 0 Å². The maximum Gasteiger partial charge on any atom is 0.126 e. The molecule has 10 heteroatoms. The van der Waals surface area contributed by atoms with Gasteiger partial charge in [0.2, 0.25) is 0 Å². The van der Waals surface area contributed by atoms with Crippen molar-refractivity contribution in [1.82, 2.24) is 0 Å². The van der Waals surface area contributed by atoms with Crippen LogP contribution in [0.1, 0.15) is 0 Å². The van der Waals surface area contributed by atoms with Gasteiger partial charge < -0.3 is 14.4 Å². The second kappa shape index (κ2) is 10.4. The van der Waals surface area contributed by atoms with Crippen molar-refractivity contribution in [3.8, 4) is 0 Å². The fourth-order valence-electron chi connectivity index (χ4n) is 2.95. The highest BCUT2D eigenvalue weighted by atomic mass is 79.9. The lowest BCUT2D eigenvalue weighted by Gasteiger charge is -2.27. The molecule has 0 atom stereocenters. The molecule has 0 bridgehead atoms. The third kappa shape index (κ3) is 7.69. The van der Waals surface area contributed by atoms with E-state index in [-0.39, 0.29) is 17.2 Å². The molecule has 32 heavy (non-hydrogen) atoms. The molecule has 5 nitrogen and oxygen atoms in total. The van der Waals surface area contributed by atoms with Crippen LogP contribution in [0.3, 0.4) is 0 Å². The number of aliphatic imine (C=N–C) groups is 1. The first kappa shape index (κ1) is 25.4. The summed E-state index contributed by atoms with van der Waals surface area (Å²) in [7, 11) is -1.67. The van der Waals surface area contributed by atoms with Crippen LogP contribution in [0.2, 0.25) is 0 Å². The molecular formula is C22H24Br2F2N2O3S. The van der Waals surface area contributed by atoms with E-state index in [4.69, 9.17) is 9.47 Å². The van der Waals surface area contributed by atoms with Crippen LogP contribution in [0.15, 0.2) is 50.3 Å². The van der Waals surface area contributed by atoms with Crippen molar-refractivity contribution in [2.24, 2.45) is 4.99 Å². The van der Waals surface area contributed by atoms with Crippen LogP contribution in [-0.4, -0.2) is 56.7 Å². The second-order valence-electron chi connectivity index (χ2n) is 8.17. The molecule has 2 aromatic rings. The summed E-state index contributed by atoms with van der Waals surface area (Å²) < 4.78 is 47.6. The summed E-state index contributed by atoms with van der Waals surface area (Å²) >= 11 is 6.49. The van der Waals surface area contributed by atoms with Crippen LogP contribution in [0.4, 0.5) is 20.2 Å². The van der Waals surface area contributed by atoms with Crippen LogP contribution < -0.4 is 4.90 Å². The van der Waals surface area contributed by atoms with Crippen molar-refractivity contribution in [1.29, 1.82) is 0 Å². The lowest BCUT2D eigenvalue weighted by molar-refractivity contribution is -0.00132. The molecule has 0 radical (unpaired) electrons. The normalized spacial score (nSPS) is 17.8. The van der Waals surface area contributed by atoms with Crippen molar-refractivity contribution in [2.75, 3.05) is 50.4 Å². The minimum absolute atomic E-state index is 0.198. The molecule has 3 aliphatic heterocycles. The smallest absolute Gasteiger partial charge is 0.126 e. The van der Waals surface area contributed by atoms with E-state index in [1.54, 1.807) is 24.6 Å². The number of hydrogen-bond acceptors (Lipinski definition) is 5. The molecule has 0 amide bonds. The quantitative estimate of drug-likeness (QED) is 0.266. The highest BCUT2D eigenvalue weighted by Gasteiger charge is 2.58. The minimum Gasteiger partial charge on any atom is -0.376 e. The van der Waals surface area contributed by atoms with Gasteiger partial charge in [0, 0.05) is 21.2 Å². The van der Waals surface area contributed by atoms with Gasteiger partial charge in [-0.05, 0) is 36.4 Å². The summed E-state index contributed by atoms with van der Waals surface area (Å²) in [4.78, 5) is 6.39. The Hall–Kier alpha value is -1.20. The Morgan fingerprint density at radius 1 is 1.00 bits per heavy atom. The van der Waals surface area contributed by atoms with E-state index < -0.39 is 9.93 Å². The zero-order valence-electron chi connectivity index (χ0n) is 17.7. The van der Waals surface area contributed by atoms with E-state index in [0.717, 1.165) is 35.6 Å². The number of hydrogen-bond donors (Lipinski definition) is 0. The van der Waals surface area contributed by atoms with E-state index in [9.17, 15) is 13.0 Å². The van der Waals surface area contributed by atoms with E-state index in [2.05, 4.69) is 48.0 Å². The van der Waals surface area contributed by atoms with Crippen molar-refractivity contribution < 1.29 is 22.5 Å². The molecule has 174 valence electrons. The summed E-state index contributed by atoms with van der Waals surface area (Å²) in [6.07, 6.45) is 6.51. The van der Waals surface area contributed by atoms with Crippen molar-refractivity contribution >= 4 is 58.9 Å². The summed E-state index contributed by atoms with van der Waals surface area (Å²) in [6.45, 7) is 3.67. The Morgan fingerprint density at radius 3 is 1.97 bits per heavy atom. The fourth-order valence-corrected chi connectivity index (χ4v) is 3.85. The Balaban J connectivity index is 0.000000151. The van der Waals surface area contributed by atoms with E-state index in [0.29, 0.717) is 23.4 Å². The molecule has 0 aromatic heterocycles. The highest BCUT2D eigenvalue weighted by molar-refractivity contribution is 9.10. The van der Waals surface area contributed by atoms with Gasteiger partial charge in [-0.3, -0.25) is 4.99 Å². The summed E-state index contributed by atoms with van der Waals surface area (Å²) in [5.41, 5.74) is 2.73. The van der Waals surface area contributed by atoms with Gasteiger partial charge in [0.05, 0.1) is 50.3 Å². The van der Waals surface area contributed by atoms with Crippen LogP contribution in [0.25, 0.3) is 0 Å². The number of benzene rings is 2. The number of nitrogens with zero attached hydrogens (tertiary/aromatic N) is 2. The maximum absolute atomic E-state index is 13.1.